The van der Waals surface area contributed by atoms with E-state index < -0.39 is 6.10 Å². The van der Waals surface area contributed by atoms with E-state index in [2.05, 4.69) is 0 Å². The molecule has 0 saturated heterocycles. The predicted octanol–water partition coefficient (Wildman–Crippen LogP) is 3.60. The molecule has 2 saturated carbocycles. The summed E-state index contributed by atoms with van der Waals surface area (Å²) >= 11 is 0. The molecule has 2 bridgehead atoms. The van der Waals surface area contributed by atoms with E-state index in [1.165, 1.54) is 25.3 Å². The largest absolute Gasteiger partial charge is 0.388 e. The summed E-state index contributed by atoms with van der Waals surface area (Å²) < 4.78 is 13.2. The van der Waals surface area contributed by atoms with Gasteiger partial charge in [-0.3, -0.25) is 0 Å². The van der Waals surface area contributed by atoms with Crippen LogP contribution in [0.3, 0.4) is 0 Å². The molecule has 1 nitrogen and oxygen atoms in total. The average Bonchev–Trinajstić information content (AvgIpc) is 2.93. The number of hydrogen-bond acceptors (Lipinski definition) is 1. The highest BCUT2D eigenvalue weighted by Gasteiger charge is 2.42. The van der Waals surface area contributed by atoms with Gasteiger partial charge in [0, 0.05) is 0 Å². The van der Waals surface area contributed by atoms with Crippen LogP contribution in [0.15, 0.2) is 18.2 Å². The number of halogens is 1. The molecular weight excluding hydrogens is 215 g/mol. The van der Waals surface area contributed by atoms with Crippen LogP contribution in [0.1, 0.15) is 42.9 Å². The molecule has 4 unspecified atom stereocenters. The van der Waals surface area contributed by atoms with Gasteiger partial charge < -0.3 is 5.11 Å². The Morgan fingerprint density at radius 1 is 1.29 bits per heavy atom. The number of hydrogen-bond donors (Lipinski definition) is 1. The summed E-state index contributed by atoms with van der Waals surface area (Å²) in [6.07, 6.45) is 4.66. The lowest BCUT2D eigenvalue weighted by Gasteiger charge is -2.27. The Balaban J connectivity index is 1.81. The third-order valence-electron chi connectivity index (χ3n) is 4.72. The van der Waals surface area contributed by atoms with Gasteiger partial charge in [0.05, 0.1) is 6.10 Å². The maximum absolute atomic E-state index is 13.2. The first-order valence-electron chi connectivity index (χ1n) is 6.59. The van der Waals surface area contributed by atoms with Crippen molar-refractivity contribution in [2.45, 2.75) is 38.7 Å². The first-order valence-corrected chi connectivity index (χ1v) is 6.59. The van der Waals surface area contributed by atoms with Crippen molar-refractivity contribution < 1.29 is 9.50 Å². The van der Waals surface area contributed by atoms with Crippen LogP contribution in [0, 0.1) is 30.5 Å². The fraction of sp³-hybridized carbons (Fsp3) is 0.600. The Morgan fingerprint density at radius 3 is 2.71 bits per heavy atom. The molecule has 0 aromatic heterocycles. The molecule has 2 aliphatic carbocycles. The number of aryl methyl sites for hydroxylation is 1. The summed E-state index contributed by atoms with van der Waals surface area (Å²) in [7, 11) is 0. The van der Waals surface area contributed by atoms with Gasteiger partial charge in [0.25, 0.3) is 0 Å². The normalized spacial score (nSPS) is 33.0. The predicted molar refractivity (Wildman–Crippen MR) is 65.0 cm³/mol. The smallest absolute Gasteiger partial charge is 0.126 e. The summed E-state index contributed by atoms with van der Waals surface area (Å²) in [4.78, 5) is 0. The molecule has 0 amide bonds. The molecule has 2 fully saturated rings. The van der Waals surface area contributed by atoms with Gasteiger partial charge in [-0.05, 0) is 61.1 Å². The molecule has 3 rings (SSSR count). The highest BCUT2D eigenvalue weighted by atomic mass is 19.1. The lowest BCUT2D eigenvalue weighted by Crippen LogP contribution is -2.19. The quantitative estimate of drug-likeness (QED) is 0.829. The van der Waals surface area contributed by atoms with Crippen LogP contribution in [-0.4, -0.2) is 5.11 Å². The molecular formula is C15H19FO. The van der Waals surface area contributed by atoms with Crippen LogP contribution >= 0.6 is 0 Å². The van der Waals surface area contributed by atoms with Crippen LogP contribution in [0.4, 0.5) is 4.39 Å². The number of aliphatic hydroxyl groups is 1. The molecule has 2 heteroatoms. The second-order valence-electron chi connectivity index (χ2n) is 5.79. The first-order chi connectivity index (χ1) is 8.15. The van der Waals surface area contributed by atoms with E-state index in [0.717, 1.165) is 17.9 Å². The monoisotopic (exact) mass is 234 g/mol. The van der Waals surface area contributed by atoms with E-state index >= 15 is 0 Å². The zero-order valence-corrected chi connectivity index (χ0v) is 10.2. The minimum Gasteiger partial charge on any atom is -0.388 e. The molecule has 0 heterocycles. The SMILES string of the molecule is Cc1cc(C(O)C2CC3CCC2C3)ccc1F. The van der Waals surface area contributed by atoms with Crippen LogP contribution in [0.2, 0.25) is 0 Å². The van der Waals surface area contributed by atoms with Crippen molar-refractivity contribution in [2.24, 2.45) is 17.8 Å². The second kappa shape index (κ2) is 4.09. The van der Waals surface area contributed by atoms with E-state index in [0.29, 0.717) is 17.4 Å². The Morgan fingerprint density at radius 2 is 2.12 bits per heavy atom. The minimum absolute atomic E-state index is 0.186. The van der Waals surface area contributed by atoms with Gasteiger partial charge in [0.15, 0.2) is 0 Å². The van der Waals surface area contributed by atoms with E-state index in [4.69, 9.17) is 0 Å². The fourth-order valence-corrected chi connectivity index (χ4v) is 3.78. The van der Waals surface area contributed by atoms with Crippen LogP contribution < -0.4 is 0 Å². The summed E-state index contributed by atoms with van der Waals surface area (Å²) in [5, 5.41) is 10.4. The van der Waals surface area contributed by atoms with Gasteiger partial charge in [-0.15, -0.1) is 0 Å². The number of aliphatic hydroxyl groups excluding tert-OH is 1. The molecule has 17 heavy (non-hydrogen) atoms. The summed E-state index contributed by atoms with van der Waals surface area (Å²) in [5.41, 5.74) is 1.52. The molecule has 1 aromatic carbocycles. The maximum Gasteiger partial charge on any atom is 0.126 e. The van der Waals surface area contributed by atoms with Gasteiger partial charge in [0.1, 0.15) is 5.82 Å². The highest BCUT2D eigenvalue weighted by Crippen LogP contribution is 2.52. The van der Waals surface area contributed by atoms with Crippen molar-refractivity contribution in [1.29, 1.82) is 0 Å². The van der Waals surface area contributed by atoms with Gasteiger partial charge in [-0.1, -0.05) is 18.6 Å². The second-order valence-corrected chi connectivity index (χ2v) is 5.79. The third-order valence-corrected chi connectivity index (χ3v) is 4.72. The topological polar surface area (TPSA) is 20.2 Å². The maximum atomic E-state index is 13.2. The van der Waals surface area contributed by atoms with E-state index in [-0.39, 0.29) is 5.82 Å². The van der Waals surface area contributed by atoms with Crippen molar-refractivity contribution >= 4 is 0 Å². The molecule has 1 aromatic rings. The molecule has 4 atom stereocenters. The van der Waals surface area contributed by atoms with Crippen LogP contribution in [-0.2, 0) is 0 Å². The molecule has 1 N–H and O–H groups in total. The van der Waals surface area contributed by atoms with E-state index in [1.54, 1.807) is 19.1 Å². The van der Waals surface area contributed by atoms with Crippen molar-refractivity contribution in [3.05, 3.63) is 35.1 Å². The number of fused-ring (bicyclic) bond motifs is 2. The molecule has 0 radical (unpaired) electrons. The Kier molecular flexibility index (Phi) is 2.70. The Labute approximate surface area is 102 Å². The summed E-state index contributed by atoms with van der Waals surface area (Å²) in [5.74, 6) is 1.74. The molecule has 0 aliphatic heterocycles. The molecule has 0 spiro atoms. The number of benzene rings is 1. The third kappa shape index (κ3) is 1.89. The average molecular weight is 234 g/mol. The fourth-order valence-electron chi connectivity index (χ4n) is 3.78. The van der Waals surface area contributed by atoms with Gasteiger partial charge in [-0.25, -0.2) is 4.39 Å². The van der Waals surface area contributed by atoms with Crippen molar-refractivity contribution in [3.63, 3.8) is 0 Å². The van der Waals surface area contributed by atoms with Crippen LogP contribution in [0.25, 0.3) is 0 Å². The lowest BCUT2D eigenvalue weighted by atomic mass is 9.82. The first kappa shape index (κ1) is 11.2. The van der Waals surface area contributed by atoms with Gasteiger partial charge >= 0.3 is 0 Å². The van der Waals surface area contributed by atoms with E-state index in [9.17, 15) is 9.50 Å². The zero-order valence-electron chi connectivity index (χ0n) is 10.2. The molecule has 92 valence electrons. The summed E-state index contributed by atoms with van der Waals surface area (Å²) in [6.45, 7) is 1.76. The van der Waals surface area contributed by atoms with Crippen molar-refractivity contribution in [3.8, 4) is 0 Å². The highest BCUT2D eigenvalue weighted by molar-refractivity contribution is 5.26. The van der Waals surface area contributed by atoms with Crippen LogP contribution in [0.5, 0.6) is 0 Å². The van der Waals surface area contributed by atoms with Gasteiger partial charge in [0.2, 0.25) is 0 Å². The Bertz CT molecular complexity index is 429. The zero-order chi connectivity index (χ0) is 12.0. The molecule has 2 aliphatic rings. The standard InChI is InChI=1S/C15H19FO/c1-9-6-12(4-5-14(9)16)15(17)13-8-10-2-3-11(13)7-10/h4-6,10-11,13,15,17H,2-3,7-8H2,1H3. The van der Waals surface area contributed by atoms with Gasteiger partial charge in [-0.2, -0.15) is 0 Å². The summed E-state index contributed by atoms with van der Waals surface area (Å²) in [6, 6.07) is 5.01. The Hall–Kier alpha value is -0.890. The van der Waals surface area contributed by atoms with Crippen molar-refractivity contribution in [2.75, 3.05) is 0 Å². The minimum atomic E-state index is -0.399. The van der Waals surface area contributed by atoms with Crippen molar-refractivity contribution in [1.82, 2.24) is 0 Å². The lowest BCUT2D eigenvalue weighted by molar-refractivity contribution is 0.0744. The van der Waals surface area contributed by atoms with E-state index in [1.807, 2.05) is 0 Å². The number of rotatable bonds is 2.